The lowest BCUT2D eigenvalue weighted by molar-refractivity contribution is 0.0607. The number of benzene rings is 1. The molecule has 0 aliphatic rings. The molecule has 2 rings (SSSR count). The van der Waals surface area contributed by atoms with Gasteiger partial charge in [0, 0.05) is 0 Å². The number of thiophene rings is 1. The van der Waals surface area contributed by atoms with Crippen molar-refractivity contribution in [3.8, 4) is 6.07 Å². The molecule has 1 aromatic carbocycles. The van der Waals surface area contributed by atoms with Crippen LogP contribution in [-0.2, 0) is 14.8 Å². The number of ether oxygens (including phenoxy) is 1. The Kier molecular flexibility index (Phi) is 5.30. The van der Waals surface area contributed by atoms with E-state index in [9.17, 15) is 18.5 Å². The topological polar surface area (TPSA) is 96.3 Å². The fraction of sp³-hybridized carbons (Fsp3) is 0.143. The summed E-state index contributed by atoms with van der Waals surface area (Å²) in [4.78, 5) is 12.0. The Morgan fingerprint density at radius 2 is 2.00 bits per heavy atom. The van der Waals surface area contributed by atoms with Crippen molar-refractivity contribution in [2.24, 2.45) is 0 Å². The molecule has 0 unspecified atom stereocenters. The molecule has 2 aromatic rings. The molecule has 0 aliphatic heterocycles. The Balaban J connectivity index is 2.57. The lowest BCUT2D eigenvalue weighted by Gasteiger charge is -2.08. The molecule has 1 aromatic heterocycles. The van der Waals surface area contributed by atoms with Crippen LogP contribution < -0.4 is 4.72 Å². The first-order valence-electron chi connectivity index (χ1n) is 6.21. The van der Waals surface area contributed by atoms with E-state index in [1.807, 2.05) is 6.07 Å². The van der Waals surface area contributed by atoms with Crippen LogP contribution in [0.3, 0.4) is 0 Å². The van der Waals surface area contributed by atoms with Gasteiger partial charge in [0.15, 0.2) is 0 Å². The standard InChI is InChI=1S/C14H12N2O4S3/c1-20-13(17)12-11(10(8-15)14(21-2)22-12)16-23(18,19)9-6-4-3-5-7-9/h3-7,16H,1-2H3. The number of thioether (sulfide) groups is 1. The van der Waals surface area contributed by atoms with Gasteiger partial charge in [-0.25, -0.2) is 13.2 Å². The summed E-state index contributed by atoms with van der Waals surface area (Å²) in [7, 11) is -2.72. The number of sulfonamides is 1. The molecule has 0 radical (unpaired) electrons. The van der Waals surface area contributed by atoms with Gasteiger partial charge in [0.05, 0.1) is 21.9 Å². The quantitative estimate of drug-likeness (QED) is 0.644. The van der Waals surface area contributed by atoms with Crippen LogP contribution in [-0.4, -0.2) is 27.8 Å². The van der Waals surface area contributed by atoms with Crippen LogP contribution in [0.2, 0.25) is 0 Å². The molecule has 120 valence electrons. The average Bonchev–Trinajstić information content (AvgIpc) is 2.91. The Hall–Kier alpha value is -2.02. The first kappa shape index (κ1) is 17.3. The van der Waals surface area contributed by atoms with Crippen molar-refractivity contribution in [2.75, 3.05) is 18.1 Å². The van der Waals surface area contributed by atoms with Crippen molar-refractivity contribution in [1.82, 2.24) is 0 Å². The summed E-state index contributed by atoms with van der Waals surface area (Å²) in [5, 5.41) is 9.32. The number of nitriles is 1. The van der Waals surface area contributed by atoms with Crippen molar-refractivity contribution in [3.05, 3.63) is 40.8 Å². The van der Waals surface area contributed by atoms with E-state index in [1.165, 1.54) is 31.0 Å². The minimum Gasteiger partial charge on any atom is -0.465 e. The molecule has 0 amide bonds. The van der Waals surface area contributed by atoms with Gasteiger partial charge in [0.2, 0.25) is 0 Å². The molecular weight excluding hydrogens is 356 g/mol. The van der Waals surface area contributed by atoms with Crippen LogP contribution in [0.4, 0.5) is 5.69 Å². The molecule has 0 saturated heterocycles. The number of esters is 1. The summed E-state index contributed by atoms with van der Waals surface area (Å²) in [6, 6.07) is 9.65. The van der Waals surface area contributed by atoms with Gasteiger partial charge in [-0.05, 0) is 18.4 Å². The summed E-state index contributed by atoms with van der Waals surface area (Å²) in [5.74, 6) is -0.697. The molecule has 0 spiro atoms. The fourth-order valence-corrected chi connectivity index (χ4v) is 4.75. The number of nitrogens with zero attached hydrogens (tertiary/aromatic N) is 1. The number of rotatable bonds is 5. The minimum absolute atomic E-state index is 0.0385. The van der Waals surface area contributed by atoms with E-state index >= 15 is 0 Å². The summed E-state index contributed by atoms with van der Waals surface area (Å²) in [6.07, 6.45) is 1.74. The van der Waals surface area contributed by atoms with Crippen LogP contribution in [0, 0.1) is 11.3 Å². The molecule has 0 aliphatic carbocycles. The second-order valence-electron chi connectivity index (χ2n) is 4.19. The van der Waals surface area contributed by atoms with Crippen LogP contribution in [0.25, 0.3) is 0 Å². The van der Waals surface area contributed by atoms with Gasteiger partial charge in [-0.2, -0.15) is 5.26 Å². The normalized spacial score (nSPS) is 10.8. The van der Waals surface area contributed by atoms with Gasteiger partial charge in [-0.3, -0.25) is 4.72 Å². The van der Waals surface area contributed by atoms with E-state index in [-0.39, 0.29) is 21.0 Å². The predicted molar refractivity (Wildman–Crippen MR) is 89.4 cm³/mol. The highest BCUT2D eigenvalue weighted by molar-refractivity contribution is 8.00. The molecule has 0 bridgehead atoms. The lowest BCUT2D eigenvalue weighted by Crippen LogP contribution is -2.15. The van der Waals surface area contributed by atoms with E-state index in [2.05, 4.69) is 9.46 Å². The molecule has 1 heterocycles. The Morgan fingerprint density at radius 1 is 1.35 bits per heavy atom. The monoisotopic (exact) mass is 368 g/mol. The number of nitrogens with one attached hydrogen (secondary N) is 1. The summed E-state index contributed by atoms with van der Waals surface area (Å²) >= 11 is 2.28. The largest absolute Gasteiger partial charge is 0.465 e. The molecule has 6 nitrogen and oxygen atoms in total. The second-order valence-corrected chi connectivity index (χ2v) is 7.97. The van der Waals surface area contributed by atoms with Gasteiger partial charge >= 0.3 is 5.97 Å². The van der Waals surface area contributed by atoms with Crippen molar-refractivity contribution in [1.29, 1.82) is 5.26 Å². The van der Waals surface area contributed by atoms with Gasteiger partial charge in [0.1, 0.15) is 16.5 Å². The molecule has 9 heteroatoms. The number of hydrogen-bond donors (Lipinski definition) is 1. The van der Waals surface area contributed by atoms with Gasteiger partial charge in [-0.15, -0.1) is 23.1 Å². The van der Waals surface area contributed by atoms with Crippen molar-refractivity contribution < 1.29 is 17.9 Å². The maximum Gasteiger partial charge on any atom is 0.350 e. The molecule has 0 atom stereocenters. The van der Waals surface area contributed by atoms with Crippen molar-refractivity contribution in [2.45, 2.75) is 9.10 Å². The minimum atomic E-state index is -3.92. The van der Waals surface area contributed by atoms with E-state index < -0.39 is 16.0 Å². The van der Waals surface area contributed by atoms with Crippen molar-refractivity contribution >= 4 is 44.8 Å². The summed E-state index contributed by atoms with van der Waals surface area (Å²) in [5.41, 5.74) is 0.0694. The molecule has 23 heavy (non-hydrogen) atoms. The zero-order valence-electron chi connectivity index (χ0n) is 12.2. The van der Waals surface area contributed by atoms with E-state index in [4.69, 9.17) is 0 Å². The zero-order valence-corrected chi connectivity index (χ0v) is 14.6. The predicted octanol–water partition coefficient (Wildman–Crippen LogP) is 2.93. The number of carbonyl (C=O) groups excluding carboxylic acids is 1. The highest BCUT2D eigenvalue weighted by atomic mass is 32.2. The molecule has 0 fully saturated rings. The molecule has 1 N–H and O–H groups in total. The Labute approximate surface area is 142 Å². The van der Waals surface area contributed by atoms with Crippen LogP contribution >= 0.6 is 23.1 Å². The van der Waals surface area contributed by atoms with Gasteiger partial charge < -0.3 is 4.74 Å². The van der Waals surface area contributed by atoms with E-state index in [0.717, 1.165) is 11.3 Å². The average molecular weight is 368 g/mol. The zero-order chi connectivity index (χ0) is 17.0. The van der Waals surface area contributed by atoms with Gasteiger partial charge in [0.25, 0.3) is 10.0 Å². The third-order valence-corrected chi connectivity index (χ3v) is 6.49. The summed E-state index contributed by atoms with van der Waals surface area (Å²) < 4.78 is 32.5. The van der Waals surface area contributed by atoms with Crippen molar-refractivity contribution in [3.63, 3.8) is 0 Å². The van der Waals surface area contributed by atoms with Crippen LogP contribution in [0.5, 0.6) is 0 Å². The third-order valence-electron chi connectivity index (χ3n) is 2.83. The van der Waals surface area contributed by atoms with E-state index in [0.29, 0.717) is 4.21 Å². The first-order valence-corrected chi connectivity index (χ1v) is 9.74. The maximum atomic E-state index is 12.5. The Bertz CT molecular complexity index is 867. The second kappa shape index (κ2) is 7.04. The van der Waals surface area contributed by atoms with Gasteiger partial charge in [-0.1, -0.05) is 18.2 Å². The fourth-order valence-electron chi connectivity index (χ4n) is 1.78. The smallest absolute Gasteiger partial charge is 0.350 e. The maximum absolute atomic E-state index is 12.5. The summed E-state index contributed by atoms with van der Waals surface area (Å²) in [6.45, 7) is 0. The third kappa shape index (κ3) is 3.50. The number of carbonyl (C=O) groups is 1. The first-order chi connectivity index (χ1) is 10.9. The van der Waals surface area contributed by atoms with Crippen LogP contribution in [0.1, 0.15) is 15.2 Å². The Morgan fingerprint density at radius 3 is 2.52 bits per heavy atom. The number of hydrogen-bond acceptors (Lipinski definition) is 7. The van der Waals surface area contributed by atoms with E-state index in [1.54, 1.807) is 24.5 Å². The number of methoxy groups -OCH3 is 1. The van der Waals surface area contributed by atoms with Crippen LogP contribution in [0.15, 0.2) is 39.4 Å². The molecular formula is C14H12N2O4S3. The molecule has 0 saturated carbocycles. The lowest BCUT2D eigenvalue weighted by atomic mass is 10.3. The highest BCUT2D eigenvalue weighted by Gasteiger charge is 2.27. The highest BCUT2D eigenvalue weighted by Crippen LogP contribution is 2.39. The SMILES string of the molecule is COC(=O)c1sc(SC)c(C#N)c1NS(=O)(=O)c1ccccc1. The number of anilines is 1.